The molecule has 2 amide bonds. The summed E-state index contributed by atoms with van der Waals surface area (Å²) in [5.74, 6) is 1.51. The first-order valence-corrected chi connectivity index (χ1v) is 10.7. The SMILES string of the molecule is CC(N)C(=O)NC(CNC(=O)[C@@H]1C[C@H](C)CC[C@H]1C(C)C)Cc1ccccc1.Cl. The molecule has 0 spiro atoms. The van der Waals surface area contributed by atoms with Gasteiger partial charge in [0.15, 0.2) is 0 Å². The van der Waals surface area contributed by atoms with E-state index < -0.39 is 6.04 Å². The standard InChI is InChI=1S/C23H37N3O2.ClH/c1-15(2)20-11-10-16(3)12-21(20)23(28)25-14-19(26-22(27)17(4)24)13-18-8-6-5-7-9-18;/h5-9,15-17,19-21H,10-14,24H2,1-4H3,(H,25,28)(H,26,27);1H/t16-,17?,19?,20+,21-;/m1./s1. The molecule has 2 rings (SSSR count). The lowest BCUT2D eigenvalue weighted by Gasteiger charge is -2.36. The molecular formula is C23H38ClN3O2. The molecule has 0 radical (unpaired) electrons. The number of rotatable bonds is 8. The molecule has 5 atom stereocenters. The van der Waals surface area contributed by atoms with Gasteiger partial charge in [-0.05, 0) is 49.5 Å². The van der Waals surface area contributed by atoms with Crippen LogP contribution in [0.4, 0.5) is 0 Å². The zero-order valence-corrected chi connectivity index (χ0v) is 19.0. The summed E-state index contributed by atoms with van der Waals surface area (Å²) in [5.41, 5.74) is 6.84. The second-order valence-corrected chi connectivity index (χ2v) is 8.86. The van der Waals surface area contributed by atoms with Crippen molar-refractivity contribution in [2.45, 2.75) is 65.5 Å². The minimum absolute atomic E-state index is 0. The van der Waals surface area contributed by atoms with E-state index in [0.717, 1.165) is 18.4 Å². The summed E-state index contributed by atoms with van der Waals surface area (Å²) in [6, 6.07) is 9.25. The molecule has 29 heavy (non-hydrogen) atoms. The third-order valence-electron chi connectivity index (χ3n) is 5.97. The Kier molecular flexibility index (Phi) is 10.7. The molecule has 5 nitrogen and oxygen atoms in total. The van der Waals surface area contributed by atoms with Crippen LogP contribution in [0.1, 0.15) is 52.5 Å². The van der Waals surface area contributed by atoms with Crippen LogP contribution >= 0.6 is 12.4 Å². The molecule has 0 saturated heterocycles. The van der Waals surface area contributed by atoms with E-state index in [1.54, 1.807) is 6.92 Å². The van der Waals surface area contributed by atoms with Crippen LogP contribution in [0.5, 0.6) is 0 Å². The third-order valence-corrected chi connectivity index (χ3v) is 5.97. The first-order chi connectivity index (χ1) is 13.3. The van der Waals surface area contributed by atoms with Crippen molar-refractivity contribution >= 4 is 24.2 Å². The summed E-state index contributed by atoms with van der Waals surface area (Å²) in [4.78, 5) is 25.1. The first kappa shape index (κ1) is 25.4. The Hall–Kier alpha value is -1.59. The first-order valence-electron chi connectivity index (χ1n) is 10.7. The number of carbonyl (C=O) groups is 2. The maximum atomic E-state index is 13.0. The lowest BCUT2D eigenvalue weighted by atomic mass is 9.70. The highest BCUT2D eigenvalue weighted by Gasteiger charge is 2.35. The van der Waals surface area contributed by atoms with E-state index in [4.69, 9.17) is 5.73 Å². The van der Waals surface area contributed by atoms with Gasteiger partial charge in [0.05, 0.1) is 12.1 Å². The Morgan fingerprint density at radius 2 is 1.79 bits per heavy atom. The number of benzene rings is 1. The van der Waals surface area contributed by atoms with Crippen molar-refractivity contribution in [3.63, 3.8) is 0 Å². The second kappa shape index (κ2) is 12.2. The maximum absolute atomic E-state index is 13.0. The number of hydrogen-bond acceptors (Lipinski definition) is 3. The number of halogens is 1. The van der Waals surface area contributed by atoms with E-state index in [1.807, 2.05) is 30.3 Å². The Labute approximate surface area is 182 Å². The second-order valence-electron chi connectivity index (χ2n) is 8.86. The Morgan fingerprint density at radius 3 is 2.38 bits per heavy atom. The van der Waals surface area contributed by atoms with Gasteiger partial charge in [0.25, 0.3) is 0 Å². The topological polar surface area (TPSA) is 84.2 Å². The molecule has 0 bridgehead atoms. The lowest BCUT2D eigenvalue weighted by Crippen LogP contribution is -2.51. The average Bonchev–Trinajstić information content (AvgIpc) is 2.66. The van der Waals surface area contributed by atoms with Crippen LogP contribution in [0.25, 0.3) is 0 Å². The van der Waals surface area contributed by atoms with E-state index in [0.29, 0.717) is 30.7 Å². The van der Waals surface area contributed by atoms with Crippen LogP contribution in [0.15, 0.2) is 30.3 Å². The lowest BCUT2D eigenvalue weighted by molar-refractivity contribution is -0.130. The van der Waals surface area contributed by atoms with E-state index in [-0.39, 0.29) is 36.2 Å². The minimum atomic E-state index is -0.571. The van der Waals surface area contributed by atoms with Crippen molar-refractivity contribution in [3.8, 4) is 0 Å². The highest BCUT2D eigenvalue weighted by Crippen LogP contribution is 2.38. The molecule has 1 aromatic rings. The molecule has 164 valence electrons. The van der Waals surface area contributed by atoms with E-state index in [2.05, 4.69) is 31.4 Å². The molecule has 4 N–H and O–H groups in total. The molecule has 1 fully saturated rings. The predicted molar refractivity (Wildman–Crippen MR) is 121 cm³/mol. The number of amides is 2. The van der Waals surface area contributed by atoms with Crippen molar-refractivity contribution in [1.29, 1.82) is 0 Å². The van der Waals surface area contributed by atoms with Gasteiger partial charge in [0, 0.05) is 12.5 Å². The van der Waals surface area contributed by atoms with Gasteiger partial charge in [-0.2, -0.15) is 0 Å². The highest BCUT2D eigenvalue weighted by atomic mass is 35.5. The normalized spacial score (nSPS) is 23.6. The summed E-state index contributed by atoms with van der Waals surface area (Å²) in [5, 5.41) is 6.12. The summed E-state index contributed by atoms with van der Waals surface area (Å²) < 4.78 is 0. The van der Waals surface area contributed by atoms with Crippen LogP contribution in [0.2, 0.25) is 0 Å². The van der Waals surface area contributed by atoms with Gasteiger partial charge < -0.3 is 16.4 Å². The van der Waals surface area contributed by atoms with Gasteiger partial charge in [0.1, 0.15) is 0 Å². The molecule has 1 aliphatic rings. The molecule has 0 aliphatic heterocycles. The number of nitrogens with two attached hydrogens (primary N) is 1. The number of carbonyl (C=O) groups excluding carboxylic acids is 2. The molecule has 1 aromatic carbocycles. The number of nitrogens with one attached hydrogen (secondary N) is 2. The van der Waals surface area contributed by atoms with Crippen molar-refractivity contribution in [1.82, 2.24) is 10.6 Å². The fraction of sp³-hybridized carbons (Fsp3) is 0.652. The van der Waals surface area contributed by atoms with Crippen LogP contribution in [-0.2, 0) is 16.0 Å². The van der Waals surface area contributed by atoms with Gasteiger partial charge in [-0.15, -0.1) is 12.4 Å². The Bertz CT molecular complexity index is 636. The molecule has 6 heteroatoms. The monoisotopic (exact) mass is 423 g/mol. The Morgan fingerprint density at radius 1 is 1.14 bits per heavy atom. The number of hydrogen-bond donors (Lipinski definition) is 3. The fourth-order valence-corrected chi connectivity index (χ4v) is 4.26. The van der Waals surface area contributed by atoms with E-state index in [9.17, 15) is 9.59 Å². The maximum Gasteiger partial charge on any atom is 0.236 e. The molecular weight excluding hydrogens is 386 g/mol. The summed E-state index contributed by atoms with van der Waals surface area (Å²) in [6.45, 7) is 8.74. The molecule has 2 unspecified atom stereocenters. The van der Waals surface area contributed by atoms with Crippen LogP contribution in [-0.4, -0.2) is 30.4 Å². The van der Waals surface area contributed by atoms with E-state index >= 15 is 0 Å². The molecule has 0 aromatic heterocycles. The summed E-state index contributed by atoms with van der Waals surface area (Å²) in [6.07, 6.45) is 3.93. The highest BCUT2D eigenvalue weighted by molar-refractivity contribution is 5.85. The van der Waals surface area contributed by atoms with E-state index in [1.165, 1.54) is 6.42 Å². The zero-order chi connectivity index (χ0) is 20.7. The summed E-state index contributed by atoms with van der Waals surface area (Å²) in [7, 11) is 0. The summed E-state index contributed by atoms with van der Waals surface area (Å²) >= 11 is 0. The van der Waals surface area contributed by atoms with Crippen LogP contribution < -0.4 is 16.4 Å². The van der Waals surface area contributed by atoms with Gasteiger partial charge in [-0.1, -0.05) is 57.5 Å². The minimum Gasteiger partial charge on any atom is -0.354 e. The van der Waals surface area contributed by atoms with Gasteiger partial charge in [-0.3, -0.25) is 9.59 Å². The molecule has 1 saturated carbocycles. The van der Waals surface area contributed by atoms with Crippen LogP contribution in [0, 0.1) is 23.7 Å². The largest absolute Gasteiger partial charge is 0.354 e. The zero-order valence-electron chi connectivity index (χ0n) is 18.2. The van der Waals surface area contributed by atoms with Crippen molar-refractivity contribution < 1.29 is 9.59 Å². The smallest absolute Gasteiger partial charge is 0.236 e. The van der Waals surface area contributed by atoms with Crippen molar-refractivity contribution in [3.05, 3.63) is 35.9 Å². The third kappa shape index (κ3) is 7.98. The molecule has 0 heterocycles. The van der Waals surface area contributed by atoms with Crippen molar-refractivity contribution in [2.75, 3.05) is 6.54 Å². The Balaban J connectivity index is 0.00000420. The molecule has 1 aliphatic carbocycles. The van der Waals surface area contributed by atoms with Crippen molar-refractivity contribution in [2.24, 2.45) is 29.4 Å². The quantitative estimate of drug-likeness (QED) is 0.599. The predicted octanol–water partition coefficient (Wildman–Crippen LogP) is 3.31. The van der Waals surface area contributed by atoms with Gasteiger partial charge in [0.2, 0.25) is 11.8 Å². The fourth-order valence-electron chi connectivity index (χ4n) is 4.26. The van der Waals surface area contributed by atoms with Gasteiger partial charge in [-0.25, -0.2) is 0 Å². The van der Waals surface area contributed by atoms with Gasteiger partial charge >= 0.3 is 0 Å². The van der Waals surface area contributed by atoms with Crippen LogP contribution in [0.3, 0.4) is 0 Å². The average molecular weight is 424 g/mol.